The molecule has 1 aromatic carbocycles. The van der Waals surface area contributed by atoms with E-state index in [2.05, 4.69) is 5.32 Å². The van der Waals surface area contributed by atoms with Gasteiger partial charge in [0.05, 0.1) is 31.1 Å². The van der Waals surface area contributed by atoms with Crippen molar-refractivity contribution in [2.45, 2.75) is 30.6 Å². The van der Waals surface area contributed by atoms with E-state index in [0.29, 0.717) is 32.5 Å². The molecule has 2 N–H and O–H groups in total. The molecule has 2 fully saturated rings. The number of benzene rings is 1. The van der Waals surface area contributed by atoms with Gasteiger partial charge in [-0.05, 0) is 37.1 Å². The first-order valence-corrected chi connectivity index (χ1v) is 10.8. The number of hydrogen-bond acceptors (Lipinski definition) is 3. The van der Waals surface area contributed by atoms with Crippen molar-refractivity contribution >= 4 is 15.9 Å². The summed E-state index contributed by atoms with van der Waals surface area (Å²) in [6, 6.07) is 4.86. The van der Waals surface area contributed by atoms with Gasteiger partial charge in [0, 0.05) is 31.8 Å². The molecule has 8 heteroatoms. The molecule has 0 unspecified atom stereocenters. The highest BCUT2D eigenvalue weighted by molar-refractivity contribution is 7.89. The van der Waals surface area contributed by atoms with Gasteiger partial charge < -0.3 is 10.2 Å². The number of carbonyl (C=O) groups is 1. The van der Waals surface area contributed by atoms with Gasteiger partial charge >= 0.3 is 0 Å². The SMILES string of the molecule is O=C(NCC[NH+]1CCCC1)C1CCN(S(=O)(=O)c2ccc(F)cc2)CC1. The lowest BCUT2D eigenvalue weighted by Crippen LogP contribution is -3.10. The third-order valence-corrected chi connectivity index (χ3v) is 7.28. The molecule has 6 nitrogen and oxygen atoms in total. The van der Waals surface area contributed by atoms with Crippen LogP contribution in [0.1, 0.15) is 25.7 Å². The minimum atomic E-state index is -3.62. The summed E-state index contributed by atoms with van der Waals surface area (Å²) in [6.45, 7) is 4.65. The van der Waals surface area contributed by atoms with Crippen LogP contribution in [0.4, 0.5) is 4.39 Å². The second-order valence-corrected chi connectivity index (χ2v) is 9.07. The number of nitrogens with one attached hydrogen (secondary N) is 2. The first-order chi connectivity index (χ1) is 12.5. The van der Waals surface area contributed by atoms with E-state index >= 15 is 0 Å². The number of likely N-dealkylation sites (tertiary alicyclic amines) is 1. The molecule has 2 heterocycles. The smallest absolute Gasteiger partial charge is 0.243 e. The first kappa shape index (κ1) is 19.3. The summed E-state index contributed by atoms with van der Waals surface area (Å²) >= 11 is 0. The zero-order valence-corrected chi connectivity index (χ0v) is 15.7. The largest absolute Gasteiger partial charge is 0.350 e. The number of quaternary nitrogens is 1. The van der Waals surface area contributed by atoms with Crippen LogP contribution < -0.4 is 10.2 Å². The molecule has 1 aromatic rings. The molecule has 0 atom stereocenters. The lowest BCUT2D eigenvalue weighted by molar-refractivity contribution is -0.886. The van der Waals surface area contributed by atoms with E-state index in [4.69, 9.17) is 0 Å². The van der Waals surface area contributed by atoms with Crippen LogP contribution in [0.15, 0.2) is 29.2 Å². The molecule has 0 spiro atoms. The number of amides is 1. The highest BCUT2D eigenvalue weighted by Gasteiger charge is 2.32. The van der Waals surface area contributed by atoms with E-state index in [1.54, 1.807) is 4.90 Å². The number of piperidine rings is 1. The summed E-state index contributed by atoms with van der Waals surface area (Å²) in [4.78, 5) is 13.9. The summed E-state index contributed by atoms with van der Waals surface area (Å²) in [5, 5.41) is 3.00. The summed E-state index contributed by atoms with van der Waals surface area (Å²) in [6.07, 6.45) is 3.57. The predicted molar refractivity (Wildman–Crippen MR) is 95.7 cm³/mol. The maximum atomic E-state index is 13.0. The van der Waals surface area contributed by atoms with Crippen LogP contribution >= 0.6 is 0 Å². The van der Waals surface area contributed by atoms with Gasteiger partial charge in [0.2, 0.25) is 15.9 Å². The van der Waals surface area contributed by atoms with Crippen LogP contribution in [0, 0.1) is 11.7 Å². The van der Waals surface area contributed by atoms with Crippen LogP contribution in [0.2, 0.25) is 0 Å². The zero-order chi connectivity index (χ0) is 18.6. The van der Waals surface area contributed by atoms with Crippen LogP contribution in [-0.2, 0) is 14.8 Å². The number of halogens is 1. The molecule has 2 aliphatic heterocycles. The Balaban J connectivity index is 1.47. The average Bonchev–Trinajstić information content (AvgIpc) is 3.15. The molecular formula is C18H27FN3O3S+. The monoisotopic (exact) mass is 384 g/mol. The third-order valence-electron chi connectivity index (χ3n) is 5.36. The van der Waals surface area contributed by atoms with Crippen molar-refractivity contribution < 1.29 is 22.5 Å². The Morgan fingerprint density at radius 2 is 1.77 bits per heavy atom. The quantitative estimate of drug-likeness (QED) is 0.727. The molecule has 1 amide bonds. The van der Waals surface area contributed by atoms with Gasteiger partial charge in [0.15, 0.2) is 0 Å². The molecule has 3 rings (SSSR count). The van der Waals surface area contributed by atoms with Crippen molar-refractivity contribution in [2.75, 3.05) is 39.3 Å². The highest BCUT2D eigenvalue weighted by atomic mass is 32.2. The van der Waals surface area contributed by atoms with Gasteiger partial charge in [0.1, 0.15) is 5.82 Å². The van der Waals surface area contributed by atoms with Crippen LogP contribution in [0.5, 0.6) is 0 Å². The lowest BCUT2D eigenvalue weighted by Gasteiger charge is -2.30. The number of hydrogen-bond donors (Lipinski definition) is 2. The summed E-state index contributed by atoms with van der Waals surface area (Å²) < 4.78 is 39.6. The second kappa shape index (κ2) is 8.45. The average molecular weight is 384 g/mol. The van der Waals surface area contributed by atoms with E-state index < -0.39 is 15.8 Å². The normalized spacial score (nSPS) is 20.3. The fraction of sp³-hybridized carbons (Fsp3) is 0.611. The summed E-state index contributed by atoms with van der Waals surface area (Å²) in [7, 11) is -3.62. The maximum absolute atomic E-state index is 13.0. The van der Waals surface area contributed by atoms with Crippen molar-refractivity contribution in [1.82, 2.24) is 9.62 Å². The maximum Gasteiger partial charge on any atom is 0.243 e. The van der Waals surface area contributed by atoms with Crippen molar-refractivity contribution in [1.29, 1.82) is 0 Å². The summed E-state index contributed by atoms with van der Waals surface area (Å²) in [5.74, 6) is -0.569. The van der Waals surface area contributed by atoms with Gasteiger partial charge in [-0.15, -0.1) is 0 Å². The molecule has 0 radical (unpaired) electrons. The Bertz CT molecular complexity index is 710. The molecule has 0 aliphatic carbocycles. The van der Waals surface area contributed by atoms with Gasteiger partial charge in [-0.1, -0.05) is 0 Å². The van der Waals surface area contributed by atoms with E-state index in [0.717, 1.165) is 18.7 Å². The van der Waals surface area contributed by atoms with E-state index in [1.165, 1.54) is 42.4 Å². The van der Waals surface area contributed by atoms with Crippen molar-refractivity contribution in [3.63, 3.8) is 0 Å². The van der Waals surface area contributed by atoms with Crippen LogP contribution in [-0.4, -0.2) is 57.9 Å². The van der Waals surface area contributed by atoms with Crippen molar-refractivity contribution in [3.05, 3.63) is 30.1 Å². The fourth-order valence-corrected chi connectivity index (χ4v) is 5.22. The van der Waals surface area contributed by atoms with Gasteiger partial charge in [-0.2, -0.15) is 4.31 Å². The van der Waals surface area contributed by atoms with Crippen LogP contribution in [0.25, 0.3) is 0 Å². The topological polar surface area (TPSA) is 70.9 Å². The molecule has 144 valence electrons. The van der Waals surface area contributed by atoms with E-state index in [9.17, 15) is 17.6 Å². The van der Waals surface area contributed by atoms with Crippen molar-refractivity contribution in [2.24, 2.45) is 5.92 Å². The number of carbonyl (C=O) groups excluding carboxylic acids is 1. The minimum Gasteiger partial charge on any atom is -0.350 e. The zero-order valence-electron chi connectivity index (χ0n) is 14.9. The Morgan fingerprint density at radius 3 is 2.38 bits per heavy atom. The number of sulfonamides is 1. The Labute approximate surface area is 154 Å². The molecule has 0 saturated carbocycles. The number of nitrogens with zero attached hydrogens (tertiary/aromatic N) is 1. The molecule has 26 heavy (non-hydrogen) atoms. The Kier molecular flexibility index (Phi) is 6.26. The third kappa shape index (κ3) is 4.61. The molecule has 0 aromatic heterocycles. The fourth-order valence-electron chi connectivity index (χ4n) is 3.75. The first-order valence-electron chi connectivity index (χ1n) is 9.34. The minimum absolute atomic E-state index is 0.0300. The van der Waals surface area contributed by atoms with E-state index in [1.807, 2.05) is 0 Å². The van der Waals surface area contributed by atoms with Crippen molar-refractivity contribution in [3.8, 4) is 0 Å². The standard InChI is InChI=1S/C18H26FN3O3S/c19-16-3-5-17(6-4-16)26(24,25)22-12-7-15(8-13-22)18(23)20-9-14-21-10-1-2-11-21/h3-6,15H,1-2,7-14H2,(H,20,23)/p+1. The van der Waals surface area contributed by atoms with E-state index in [-0.39, 0.29) is 16.7 Å². The Morgan fingerprint density at radius 1 is 1.15 bits per heavy atom. The predicted octanol–water partition coefficient (Wildman–Crippen LogP) is 0.0213. The van der Waals surface area contributed by atoms with Gasteiger partial charge in [-0.25, -0.2) is 12.8 Å². The molecule has 2 saturated heterocycles. The lowest BCUT2D eigenvalue weighted by atomic mass is 9.97. The number of rotatable bonds is 6. The molecule has 0 bridgehead atoms. The van der Waals surface area contributed by atoms with Crippen LogP contribution in [0.3, 0.4) is 0 Å². The van der Waals surface area contributed by atoms with Gasteiger partial charge in [-0.3, -0.25) is 4.79 Å². The molecule has 2 aliphatic rings. The molecular weight excluding hydrogens is 357 g/mol. The highest BCUT2D eigenvalue weighted by Crippen LogP contribution is 2.24. The summed E-state index contributed by atoms with van der Waals surface area (Å²) in [5.41, 5.74) is 0. The Hall–Kier alpha value is -1.51. The second-order valence-electron chi connectivity index (χ2n) is 7.13. The van der Waals surface area contributed by atoms with Gasteiger partial charge in [0.25, 0.3) is 0 Å².